The van der Waals surface area contributed by atoms with Crippen molar-refractivity contribution in [2.24, 2.45) is 0 Å². The van der Waals surface area contributed by atoms with Crippen LogP contribution in [0.2, 0.25) is 5.02 Å². The van der Waals surface area contributed by atoms with Crippen LogP contribution in [0.4, 0.5) is 8.78 Å². The fraction of sp³-hybridized carbons (Fsp3) is 0.400. The fourth-order valence-corrected chi connectivity index (χ4v) is 4.11. The fourth-order valence-electron chi connectivity index (χ4n) is 3.91. The molecule has 1 fully saturated rings. The molecule has 1 N–H and O–H groups in total. The maximum absolute atomic E-state index is 14.4. The number of benzene rings is 2. The van der Waals surface area contributed by atoms with Gasteiger partial charge in [0.05, 0.1) is 5.56 Å². The molecule has 0 saturated carbocycles. The van der Waals surface area contributed by atoms with E-state index in [-0.39, 0.29) is 28.5 Å². The van der Waals surface area contributed by atoms with E-state index in [1.54, 1.807) is 0 Å². The summed E-state index contributed by atoms with van der Waals surface area (Å²) in [6.07, 6.45) is 1.08. The predicted molar refractivity (Wildman–Crippen MR) is 95.5 cm³/mol. The molecule has 1 unspecified atom stereocenters. The van der Waals surface area contributed by atoms with E-state index in [9.17, 15) is 8.78 Å². The first-order valence-electron chi connectivity index (χ1n) is 8.66. The van der Waals surface area contributed by atoms with Crippen LogP contribution in [0.25, 0.3) is 11.1 Å². The smallest absolute Gasteiger partial charge is 0.135 e. The van der Waals surface area contributed by atoms with E-state index >= 15 is 0 Å². The predicted octanol–water partition coefficient (Wildman–Crippen LogP) is 5.25. The van der Waals surface area contributed by atoms with Crippen LogP contribution in [-0.4, -0.2) is 19.2 Å². The molecule has 0 radical (unpaired) electrons. The zero-order valence-electron chi connectivity index (χ0n) is 14.2. The summed E-state index contributed by atoms with van der Waals surface area (Å²) >= 11 is 5.77. The molecule has 132 valence electrons. The number of hydrogen-bond donors (Lipinski definition) is 1. The summed E-state index contributed by atoms with van der Waals surface area (Å²) in [5.74, 6) is 0.0286. The van der Waals surface area contributed by atoms with E-state index in [0.29, 0.717) is 5.56 Å². The van der Waals surface area contributed by atoms with Gasteiger partial charge in [-0.1, -0.05) is 25.4 Å². The van der Waals surface area contributed by atoms with Crippen molar-refractivity contribution in [3.05, 3.63) is 52.0 Å². The van der Waals surface area contributed by atoms with Crippen LogP contribution in [-0.2, 0) is 0 Å². The Morgan fingerprint density at radius 3 is 2.56 bits per heavy atom. The van der Waals surface area contributed by atoms with Gasteiger partial charge in [-0.2, -0.15) is 0 Å². The molecule has 2 heterocycles. The summed E-state index contributed by atoms with van der Waals surface area (Å²) in [6, 6.07) is 6.05. The Balaban J connectivity index is 1.91. The van der Waals surface area contributed by atoms with E-state index in [1.807, 2.05) is 12.1 Å². The van der Waals surface area contributed by atoms with Crippen molar-refractivity contribution in [3.63, 3.8) is 0 Å². The average Bonchev–Trinajstić information content (AvgIpc) is 2.91. The van der Waals surface area contributed by atoms with Gasteiger partial charge in [0.25, 0.3) is 0 Å². The Kier molecular flexibility index (Phi) is 4.20. The van der Waals surface area contributed by atoms with Crippen LogP contribution in [0, 0.1) is 11.6 Å². The Labute approximate surface area is 151 Å². The van der Waals surface area contributed by atoms with Crippen molar-refractivity contribution >= 4 is 11.6 Å². The number of hydrogen-bond acceptors (Lipinski definition) is 2. The molecule has 2 aromatic rings. The third-order valence-electron chi connectivity index (χ3n) is 5.15. The molecule has 0 bridgehead atoms. The highest BCUT2D eigenvalue weighted by molar-refractivity contribution is 6.30. The van der Waals surface area contributed by atoms with Crippen LogP contribution in [0.5, 0.6) is 5.75 Å². The molecule has 4 rings (SSSR count). The second-order valence-electron chi connectivity index (χ2n) is 7.14. The van der Waals surface area contributed by atoms with Gasteiger partial charge in [-0.25, -0.2) is 8.78 Å². The number of piperidine rings is 1. The molecular weight excluding hydrogens is 344 g/mol. The zero-order chi connectivity index (χ0) is 17.7. The quantitative estimate of drug-likeness (QED) is 0.787. The Morgan fingerprint density at radius 2 is 1.88 bits per heavy atom. The maximum atomic E-state index is 14.4. The molecule has 0 spiro atoms. The summed E-state index contributed by atoms with van der Waals surface area (Å²) in [5, 5.41) is 3.45. The van der Waals surface area contributed by atoms with Gasteiger partial charge in [0.2, 0.25) is 0 Å². The Hall–Kier alpha value is -1.65. The molecular formula is C20H20ClF2NO. The molecule has 0 aromatic heterocycles. The normalized spacial score (nSPS) is 21.8. The van der Waals surface area contributed by atoms with Crippen molar-refractivity contribution in [2.75, 3.05) is 13.1 Å². The lowest BCUT2D eigenvalue weighted by atomic mass is 9.86. The van der Waals surface area contributed by atoms with Gasteiger partial charge in [-0.3, -0.25) is 0 Å². The summed E-state index contributed by atoms with van der Waals surface area (Å²) in [6.45, 7) is 5.89. The first kappa shape index (κ1) is 16.8. The molecule has 0 amide bonds. The number of fused-ring (bicyclic) bond motifs is 3. The first-order chi connectivity index (χ1) is 12.0. The van der Waals surface area contributed by atoms with Gasteiger partial charge in [-0.15, -0.1) is 0 Å². The third kappa shape index (κ3) is 2.81. The lowest BCUT2D eigenvalue weighted by molar-refractivity contribution is 0.171. The van der Waals surface area contributed by atoms with E-state index in [2.05, 4.69) is 19.2 Å². The van der Waals surface area contributed by atoms with E-state index in [4.69, 9.17) is 16.3 Å². The molecule has 2 atom stereocenters. The number of halogens is 3. The molecule has 5 heteroatoms. The Bertz CT molecular complexity index is 814. The highest BCUT2D eigenvalue weighted by Crippen LogP contribution is 2.47. The summed E-state index contributed by atoms with van der Waals surface area (Å²) in [5.41, 5.74) is 2.56. The SMILES string of the molecule is CC(C)c1cc(-c2c(F)cc(Cl)cc2F)cc2c1O[C@H]1CCNCC21. The van der Waals surface area contributed by atoms with Crippen molar-refractivity contribution in [1.82, 2.24) is 5.32 Å². The topological polar surface area (TPSA) is 21.3 Å². The molecule has 25 heavy (non-hydrogen) atoms. The summed E-state index contributed by atoms with van der Waals surface area (Å²) in [4.78, 5) is 0. The van der Waals surface area contributed by atoms with Crippen LogP contribution in [0.15, 0.2) is 24.3 Å². The van der Waals surface area contributed by atoms with E-state index < -0.39 is 11.6 Å². The summed E-state index contributed by atoms with van der Waals surface area (Å²) < 4.78 is 35.1. The largest absolute Gasteiger partial charge is 0.489 e. The highest BCUT2D eigenvalue weighted by Gasteiger charge is 2.38. The number of ether oxygens (including phenoxy) is 1. The lowest BCUT2D eigenvalue weighted by Gasteiger charge is -2.25. The standard InChI is InChI=1S/C20H20ClF2NO/c1-10(2)13-5-11(19-16(22)7-12(21)8-17(19)23)6-14-15-9-24-4-3-18(15)25-20(13)14/h5-8,10,15,18,24H,3-4,9H2,1-2H3/t15?,18-/m0/s1. The average molecular weight is 364 g/mol. The maximum Gasteiger partial charge on any atom is 0.135 e. The highest BCUT2D eigenvalue weighted by atomic mass is 35.5. The van der Waals surface area contributed by atoms with Gasteiger partial charge in [0, 0.05) is 23.0 Å². The zero-order valence-corrected chi connectivity index (χ0v) is 15.0. The monoisotopic (exact) mass is 363 g/mol. The minimum Gasteiger partial charge on any atom is -0.489 e. The summed E-state index contributed by atoms with van der Waals surface area (Å²) in [7, 11) is 0. The van der Waals surface area contributed by atoms with Crippen molar-refractivity contribution in [1.29, 1.82) is 0 Å². The number of rotatable bonds is 2. The van der Waals surface area contributed by atoms with Crippen LogP contribution in [0.1, 0.15) is 43.2 Å². The van der Waals surface area contributed by atoms with Crippen LogP contribution < -0.4 is 10.1 Å². The number of nitrogens with one attached hydrogen (secondary N) is 1. The van der Waals surface area contributed by atoms with Gasteiger partial charge in [0.1, 0.15) is 23.5 Å². The van der Waals surface area contributed by atoms with Gasteiger partial charge in [0.15, 0.2) is 0 Å². The van der Waals surface area contributed by atoms with E-state index in [1.165, 1.54) is 0 Å². The van der Waals surface area contributed by atoms with Crippen molar-refractivity contribution < 1.29 is 13.5 Å². The van der Waals surface area contributed by atoms with Crippen molar-refractivity contribution in [3.8, 4) is 16.9 Å². The molecule has 1 saturated heterocycles. The third-order valence-corrected chi connectivity index (χ3v) is 5.37. The van der Waals surface area contributed by atoms with Gasteiger partial charge >= 0.3 is 0 Å². The van der Waals surface area contributed by atoms with Gasteiger partial charge in [-0.05, 0) is 54.3 Å². The second-order valence-corrected chi connectivity index (χ2v) is 7.57. The molecule has 2 aromatic carbocycles. The first-order valence-corrected chi connectivity index (χ1v) is 9.03. The molecule has 2 aliphatic heterocycles. The molecule has 2 nitrogen and oxygen atoms in total. The minimum atomic E-state index is -0.642. The molecule has 0 aliphatic carbocycles. The van der Waals surface area contributed by atoms with Crippen molar-refractivity contribution in [2.45, 2.75) is 38.2 Å². The second kappa shape index (κ2) is 6.26. The lowest BCUT2D eigenvalue weighted by Crippen LogP contribution is -2.37. The Morgan fingerprint density at radius 1 is 1.16 bits per heavy atom. The van der Waals surface area contributed by atoms with Crippen LogP contribution in [0.3, 0.4) is 0 Å². The van der Waals surface area contributed by atoms with E-state index in [0.717, 1.165) is 48.5 Å². The molecule has 2 aliphatic rings. The van der Waals surface area contributed by atoms with Gasteiger partial charge < -0.3 is 10.1 Å². The van der Waals surface area contributed by atoms with Crippen LogP contribution >= 0.6 is 11.6 Å². The minimum absolute atomic E-state index is 0.0266.